The van der Waals surface area contributed by atoms with Crippen molar-refractivity contribution in [3.63, 3.8) is 0 Å². The van der Waals surface area contributed by atoms with Crippen LogP contribution in [-0.2, 0) is 16.0 Å². The van der Waals surface area contributed by atoms with E-state index < -0.39 is 0 Å². The molecule has 0 saturated carbocycles. The van der Waals surface area contributed by atoms with E-state index in [2.05, 4.69) is 17.6 Å². The van der Waals surface area contributed by atoms with Gasteiger partial charge in [-0.15, -0.1) is 0 Å². The number of carbonyl (C=O) groups excluding carboxylic acids is 1. The normalized spacial score (nSPS) is 22.6. The molecule has 1 amide bonds. The van der Waals surface area contributed by atoms with Crippen LogP contribution in [0.4, 0.5) is 0 Å². The molecule has 0 aromatic carbocycles. The highest BCUT2D eigenvalue weighted by Gasteiger charge is 2.33. The average Bonchev–Trinajstić information content (AvgIpc) is 3.07. The van der Waals surface area contributed by atoms with Crippen LogP contribution in [-0.4, -0.2) is 38.3 Å². The summed E-state index contributed by atoms with van der Waals surface area (Å²) in [4.78, 5) is 12.1. The molecule has 1 aromatic heterocycles. The zero-order chi connectivity index (χ0) is 13.5. The van der Waals surface area contributed by atoms with Crippen molar-refractivity contribution in [2.24, 2.45) is 5.92 Å². The summed E-state index contributed by atoms with van der Waals surface area (Å²) in [7, 11) is 0. The van der Waals surface area contributed by atoms with Crippen LogP contribution in [0.25, 0.3) is 0 Å². The van der Waals surface area contributed by atoms with Crippen molar-refractivity contribution in [3.8, 4) is 0 Å². The van der Waals surface area contributed by atoms with Gasteiger partial charge in [0.15, 0.2) is 0 Å². The number of hydrogen-bond acceptors (Lipinski definition) is 4. The summed E-state index contributed by atoms with van der Waals surface area (Å²) < 4.78 is 10.6. The first-order valence-electron chi connectivity index (χ1n) is 6.92. The van der Waals surface area contributed by atoms with Crippen molar-refractivity contribution < 1.29 is 13.9 Å². The maximum Gasteiger partial charge on any atom is 0.227 e. The van der Waals surface area contributed by atoms with Gasteiger partial charge in [0.25, 0.3) is 0 Å². The lowest BCUT2D eigenvalue weighted by Crippen LogP contribution is -2.44. The predicted octanol–water partition coefficient (Wildman–Crippen LogP) is 0.953. The summed E-state index contributed by atoms with van der Waals surface area (Å²) in [5.74, 6) is 0.879. The van der Waals surface area contributed by atoms with E-state index in [1.165, 1.54) is 0 Å². The smallest absolute Gasteiger partial charge is 0.227 e. The van der Waals surface area contributed by atoms with Crippen molar-refractivity contribution in [2.45, 2.75) is 25.8 Å². The number of ether oxygens (including phenoxy) is 1. The van der Waals surface area contributed by atoms with Crippen LogP contribution in [0.5, 0.6) is 0 Å². The molecule has 0 aliphatic carbocycles. The van der Waals surface area contributed by atoms with Gasteiger partial charge < -0.3 is 19.8 Å². The molecule has 1 aliphatic heterocycles. The number of rotatable bonds is 7. The van der Waals surface area contributed by atoms with Crippen LogP contribution in [0.2, 0.25) is 0 Å². The summed E-state index contributed by atoms with van der Waals surface area (Å²) in [5, 5.41) is 6.31. The third kappa shape index (κ3) is 4.08. The Hall–Kier alpha value is -1.33. The van der Waals surface area contributed by atoms with E-state index in [4.69, 9.17) is 9.15 Å². The van der Waals surface area contributed by atoms with E-state index in [1.54, 1.807) is 6.26 Å². The van der Waals surface area contributed by atoms with Gasteiger partial charge >= 0.3 is 0 Å². The van der Waals surface area contributed by atoms with E-state index in [-0.39, 0.29) is 17.9 Å². The lowest BCUT2D eigenvalue weighted by atomic mass is 10.0. The van der Waals surface area contributed by atoms with Gasteiger partial charge in [0, 0.05) is 19.0 Å². The van der Waals surface area contributed by atoms with Crippen molar-refractivity contribution in [3.05, 3.63) is 24.2 Å². The van der Waals surface area contributed by atoms with Crippen LogP contribution in [0.3, 0.4) is 0 Å². The molecule has 19 heavy (non-hydrogen) atoms. The molecule has 2 rings (SSSR count). The van der Waals surface area contributed by atoms with Crippen LogP contribution in [0.1, 0.15) is 19.1 Å². The molecule has 106 valence electrons. The number of hydrogen-bond donors (Lipinski definition) is 2. The molecular formula is C14H22N2O3. The van der Waals surface area contributed by atoms with Gasteiger partial charge in [0.05, 0.1) is 25.4 Å². The highest BCUT2D eigenvalue weighted by molar-refractivity contribution is 5.79. The minimum atomic E-state index is -0.0804. The third-order valence-electron chi connectivity index (χ3n) is 3.32. The number of carbonyl (C=O) groups is 1. The number of nitrogens with one attached hydrogen (secondary N) is 2. The average molecular weight is 266 g/mol. The fraction of sp³-hybridized carbons (Fsp3) is 0.643. The lowest BCUT2D eigenvalue weighted by Gasteiger charge is -2.18. The summed E-state index contributed by atoms with van der Waals surface area (Å²) in [6, 6.07) is 3.91. The summed E-state index contributed by atoms with van der Waals surface area (Å²) in [6.07, 6.45) is 3.43. The highest BCUT2D eigenvalue weighted by Crippen LogP contribution is 2.14. The molecule has 1 saturated heterocycles. The quantitative estimate of drug-likeness (QED) is 0.771. The van der Waals surface area contributed by atoms with Crippen molar-refractivity contribution in [1.29, 1.82) is 0 Å². The van der Waals surface area contributed by atoms with Crippen molar-refractivity contribution in [1.82, 2.24) is 10.6 Å². The van der Waals surface area contributed by atoms with E-state index >= 15 is 0 Å². The van der Waals surface area contributed by atoms with Gasteiger partial charge in [-0.3, -0.25) is 4.79 Å². The van der Waals surface area contributed by atoms with E-state index in [0.717, 1.165) is 25.1 Å². The fourth-order valence-corrected chi connectivity index (χ4v) is 2.24. The first kappa shape index (κ1) is 14.1. The van der Waals surface area contributed by atoms with E-state index in [0.29, 0.717) is 19.8 Å². The second-order valence-corrected chi connectivity index (χ2v) is 4.82. The second-order valence-electron chi connectivity index (χ2n) is 4.82. The maximum atomic E-state index is 12.1. The SMILES string of the molecule is CCCNC1COCC1C(=O)NCCc1ccco1. The molecular weight excluding hydrogens is 244 g/mol. The Bertz CT molecular complexity index is 378. The van der Waals surface area contributed by atoms with Gasteiger partial charge in [-0.2, -0.15) is 0 Å². The molecule has 1 fully saturated rings. The summed E-state index contributed by atoms with van der Waals surface area (Å²) >= 11 is 0. The Labute approximate surface area is 113 Å². The van der Waals surface area contributed by atoms with E-state index in [1.807, 2.05) is 12.1 Å². The Kier molecular flexibility index (Phi) is 5.42. The number of amides is 1. The van der Waals surface area contributed by atoms with Gasteiger partial charge in [-0.05, 0) is 25.1 Å². The largest absolute Gasteiger partial charge is 0.469 e. The first-order valence-corrected chi connectivity index (χ1v) is 6.92. The van der Waals surface area contributed by atoms with Crippen LogP contribution in [0, 0.1) is 5.92 Å². The van der Waals surface area contributed by atoms with Gasteiger partial charge in [-0.1, -0.05) is 6.92 Å². The van der Waals surface area contributed by atoms with Crippen LogP contribution >= 0.6 is 0 Å². The van der Waals surface area contributed by atoms with E-state index in [9.17, 15) is 4.79 Å². The summed E-state index contributed by atoms with van der Waals surface area (Å²) in [5.41, 5.74) is 0. The van der Waals surface area contributed by atoms with Gasteiger partial charge in [0.1, 0.15) is 5.76 Å². The molecule has 0 bridgehead atoms. The molecule has 5 heteroatoms. The summed E-state index contributed by atoms with van der Waals surface area (Å²) in [6.45, 7) is 4.76. The molecule has 1 aromatic rings. The predicted molar refractivity (Wildman–Crippen MR) is 71.8 cm³/mol. The molecule has 2 N–H and O–H groups in total. The topological polar surface area (TPSA) is 63.5 Å². The lowest BCUT2D eigenvalue weighted by molar-refractivity contribution is -0.125. The second kappa shape index (κ2) is 7.31. The molecule has 2 heterocycles. The monoisotopic (exact) mass is 266 g/mol. The molecule has 2 unspecified atom stereocenters. The zero-order valence-electron chi connectivity index (χ0n) is 11.4. The third-order valence-corrected chi connectivity index (χ3v) is 3.32. The highest BCUT2D eigenvalue weighted by atomic mass is 16.5. The number of furan rings is 1. The Morgan fingerprint density at radius 3 is 3.05 bits per heavy atom. The minimum Gasteiger partial charge on any atom is -0.469 e. The zero-order valence-corrected chi connectivity index (χ0v) is 11.4. The standard InChI is InChI=1S/C14H22N2O3/c1-2-6-15-13-10-18-9-12(13)14(17)16-7-5-11-4-3-8-19-11/h3-4,8,12-13,15H,2,5-7,9-10H2,1H3,(H,16,17). The Balaban J connectivity index is 1.72. The Morgan fingerprint density at radius 2 is 2.32 bits per heavy atom. The molecule has 1 aliphatic rings. The van der Waals surface area contributed by atoms with Crippen molar-refractivity contribution in [2.75, 3.05) is 26.3 Å². The molecule has 0 radical (unpaired) electrons. The van der Waals surface area contributed by atoms with Crippen LogP contribution in [0.15, 0.2) is 22.8 Å². The molecule has 5 nitrogen and oxygen atoms in total. The van der Waals surface area contributed by atoms with Gasteiger partial charge in [0.2, 0.25) is 5.91 Å². The van der Waals surface area contributed by atoms with Gasteiger partial charge in [-0.25, -0.2) is 0 Å². The van der Waals surface area contributed by atoms with Crippen molar-refractivity contribution >= 4 is 5.91 Å². The first-order chi connectivity index (χ1) is 9.31. The molecule has 2 atom stereocenters. The molecule has 0 spiro atoms. The van der Waals surface area contributed by atoms with Crippen LogP contribution < -0.4 is 10.6 Å². The fourth-order valence-electron chi connectivity index (χ4n) is 2.24. The minimum absolute atomic E-state index is 0.0673. The maximum absolute atomic E-state index is 12.1. The Morgan fingerprint density at radius 1 is 1.42 bits per heavy atom.